The molecule has 0 aliphatic carbocycles. The molecule has 0 aromatic heterocycles. The van der Waals surface area contributed by atoms with Gasteiger partial charge in [-0.15, -0.1) is 0 Å². The number of rotatable bonds is 2. The van der Waals surface area contributed by atoms with Crippen LogP contribution in [0, 0.1) is 0 Å². The fraction of sp³-hybridized carbons (Fsp3) is 0.400. The van der Waals surface area contributed by atoms with Crippen molar-refractivity contribution in [3.05, 3.63) is 23.8 Å². The van der Waals surface area contributed by atoms with Crippen LogP contribution in [0.5, 0.6) is 11.5 Å². The highest BCUT2D eigenvalue weighted by atomic mass is 19.3. The normalized spacial score (nSPS) is 15.1. The molecule has 0 saturated carbocycles. The molecule has 2 rings (SSSR count). The van der Waals surface area contributed by atoms with Crippen LogP contribution in [0.3, 0.4) is 0 Å². The summed E-state index contributed by atoms with van der Waals surface area (Å²) in [4.78, 5) is 0. The smallest absolute Gasteiger partial charge is 0.285 e. The minimum absolute atomic E-state index is 0.144. The topological polar surface area (TPSA) is 44.5 Å². The second-order valence-electron chi connectivity index (χ2n) is 3.27. The van der Waals surface area contributed by atoms with E-state index in [-0.39, 0.29) is 5.56 Å². The van der Waals surface area contributed by atoms with Gasteiger partial charge in [-0.05, 0) is 18.2 Å². The Bertz CT molecular complexity index is 368. The fourth-order valence-electron chi connectivity index (χ4n) is 1.39. The maximum Gasteiger partial charge on any atom is 0.285 e. The van der Waals surface area contributed by atoms with E-state index < -0.39 is 12.5 Å². The zero-order valence-corrected chi connectivity index (χ0v) is 8.00. The summed E-state index contributed by atoms with van der Waals surface area (Å²) in [7, 11) is 0. The molecule has 3 nitrogen and oxygen atoms in total. The summed E-state index contributed by atoms with van der Waals surface area (Å²) in [6, 6.07) is 4.06. The van der Waals surface area contributed by atoms with E-state index in [0.717, 1.165) is 0 Å². The molecule has 0 fully saturated rings. The molecule has 82 valence electrons. The van der Waals surface area contributed by atoms with E-state index in [1.165, 1.54) is 18.2 Å². The number of ether oxygens (including phenoxy) is 2. The molecule has 0 unspecified atom stereocenters. The molecule has 0 radical (unpaired) electrons. The van der Waals surface area contributed by atoms with Crippen LogP contribution in [0.4, 0.5) is 8.78 Å². The number of halogens is 2. The number of nitrogens with two attached hydrogens (primary N) is 1. The molecule has 1 heterocycles. The van der Waals surface area contributed by atoms with Crippen LogP contribution in [0.15, 0.2) is 18.2 Å². The molecule has 1 aliphatic rings. The molecule has 1 aromatic rings. The predicted octanol–water partition coefficient (Wildman–Crippen LogP) is 1.51. The van der Waals surface area contributed by atoms with E-state index in [0.29, 0.717) is 24.7 Å². The molecule has 0 bridgehead atoms. The fourth-order valence-corrected chi connectivity index (χ4v) is 1.39. The first-order chi connectivity index (χ1) is 7.13. The first-order valence-corrected chi connectivity index (χ1v) is 4.61. The van der Waals surface area contributed by atoms with Gasteiger partial charge < -0.3 is 15.2 Å². The lowest BCUT2D eigenvalue weighted by atomic mass is 10.1. The summed E-state index contributed by atoms with van der Waals surface area (Å²) in [6.45, 7) is 0.108. The molecule has 5 heteroatoms. The van der Waals surface area contributed by atoms with Gasteiger partial charge in [0.1, 0.15) is 13.2 Å². The summed E-state index contributed by atoms with van der Waals surface area (Å²) in [5.41, 5.74) is 4.85. The molecule has 1 aliphatic heterocycles. The van der Waals surface area contributed by atoms with Crippen LogP contribution in [-0.4, -0.2) is 19.8 Å². The van der Waals surface area contributed by atoms with Crippen LogP contribution in [-0.2, 0) is 5.92 Å². The second kappa shape index (κ2) is 3.66. The summed E-state index contributed by atoms with van der Waals surface area (Å²) in [5, 5.41) is 0. The van der Waals surface area contributed by atoms with Crippen LogP contribution in [0.1, 0.15) is 5.56 Å². The molecule has 0 amide bonds. The van der Waals surface area contributed by atoms with Crippen molar-refractivity contribution in [2.24, 2.45) is 5.73 Å². The molecular formula is C10H11F2NO2. The highest BCUT2D eigenvalue weighted by molar-refractivity contribution is 5.45. The van der Waals surface area contributed by atoms with Gasteiger partial charge in [0.25, 0.3) is 5.92 Å². The van der Waals surface area contributed by atoms with Gasteiger partial charge in [0.05, 0.1) is 6.54 Å². The maximum atomic E-state index is 13.2. The SMILES string of the molecule is NCC(F)(F)c1ccc2c(c1)OCCO2. The van der Waals surface area contributed by atoms with E-state index in [9.17, 15) is 8.78 Å². The molecule has 2 N–H and O–H groups in total. The highest BCUT2D eigenvalue weighted by Crippen LogP contribution is 2.36. The zero-order chi connectivity index (χ0) is 10.9. The third kappa shape index (κ3) is 1.87. The van der Waals surface area contributed by atoms with Crippen molar-refractivity contribution >= 4 is 0 Å². The first kappa shape index (κ1) is 10.2. The van der Waals surface area contributed by atoms with Gasteiger partial charge in [0, 0.05) is 5.56 Å². The lowest BCUT2D eigenvalue weighted by Crippen LogP contribution is -2.25. The number of hydrogen-bond donors (Lipinski definition) is 1. The molecule has 0 saturated heterocycles. The van der Waals surface area contributed by atoms with E-state index in [4.69, 9.17) is 15.2 Å². The Kier molecular flexibility index (Phi) is 2.48. The highest BCUT2D eigenvalue weighted by Gasteiger charge is 2.30. The van der Waals surface area contributed by atoms with Gasteiger partial charge >= 0.3 is 0 Å². The van der Waals surface area contributed by atoms with Crippen molar-refractivity contribution in [2.75, 3.05) is 19.8 Å². The average Bonchev–Trinajstić information content (AvgIpc) is 2.28. The Morgan fingerprint density at radius 2 is 1.87 bits per heavy atom. The molecule has 15 heavy (non-hydrogen) atoms. The van der Waals surface area contributed by atoms with Crippen LogP contribution in [0.25, 0.3) is 0 Å². The van der Waals surface area contributed by atoms with Gasteiger partial charge in [-0.3, -0.25) is 0 Å². The van der Waals surface area contributed by atoms with Gasteiger partial charge in [-0.25, -0.2) is 0 Å². The molecule has 0 spiro atoms. The number of benzene rings is 1. The van der Waals surface area contributed by atoms with Gasteiger partial charge in [-0.2, -0.15) is 8.78 Å². The summed E-state index contributed by atoms with van der Waals surface area (Å²) in [5.74, 6) is -2.17. The van der Waals surface area contributed by atoms with Crippen molar-refractivity contribution in [2.45, 2.75) is 5.92 Å². The Morgan fingerprint density at radius 1 is 1.20 bits per heavy atom. The minimum atomic E-state index is -3.02. The Labute approximate surface area is 85.8 Å². The second-order valence-corrected chi connectivity index (χ2v) is 3.27. The van der Waals surface area contributed by atoms with Crippen molar-refractivity contribution < 1.29 is 18.3 Å². The first-order valence-electron chi connectivity index (χ1n) is 4.61. The predicted molar refractivity (Wildman–Crippen MR) is 50.4 cm³/mol. The summed E-state index contributed by atoms with van der Waals surface area (Å²) in [6.07, 6.45) is 0. The monoisotopic (exact) mass is 215 g/mol. The van der Waals surface area contributed by atoms with E-state index in [1.807, 2.05) is 0 Å². The summed E-state index contributed by atoms with van der Waals surface area (Å²) >= 11 is 0. The Morgan fingerprint density at radius 3 is 2.53 bits per heavy atom. The van der Waals surface area contributed by atoms with E-state index in [2.05, 4.69) is 0 Å². The molecule has 0 atom stereocenters. The van der Waals surface area contributed by atoms with Gasteiger partial charge in [0.2, 0.25) is 0 Å². The van der Waals surface area contributed by atoms with Crippen molar-refractivity contribution in [3.63, 3.8) is 0 Å². The third-order valence-corrected chi connectivity index (χ3v) is 2.22. The largest absolute Gasteiger partial charge is 0.486 e. The van der Waals surface area contributed by atoms with E-state index in [1.54, 1.807) is 0 Å². The van der Waals surface area contributed by atoms with Gasteiger partial charge in [-0.1, -0.05) is 0 Å². The van der Waals surface area contributed by atoms with Crippen LogP contribution < -0.4 is 15.2 Å². The van der Waals surface area contributed by atoms with Crippen LogP contribution in [0.2, 0.25) is 0 Å². The molecule has 1 aromatic carbocycles. The summed E-state index contributed by atoms with van der Waals surface area (Å²) < 4.78 is 36.9. The number of hydrogen-bond acceptors (Lipinski definition) is 3. The van der Waals surface area contributed by atoms with Crippen LogP contribution >= 0.6 is 0 Å². The van der Waals surface area contributed by atoms with Crippen molar-refractivity contribution in [1.82, 2.24) is 0 Å². The Balaban J connectivity index is 2.36. The van der Waals surface area contributed by atoms with E-state index >= 15 is 0 Å². The van der Waals surface area contributed by atoms with Gasteiger partial charge in [0.15, 0.2) is 11.5 Å². The van der Waals surface area contributed by atoms with Crippen molar-refractivity contribution in [1.29, 1.82) is 0 Å². The standard InChI is InChI=1S/C10H11F2NO2/c11-10(12,6-13)7-1-2-8-9(5-7)15-4-3-14-8/h1-2,5H,3-4,6,13H2. The minimum Gasteiger partial charge on any atom is -0.486 e. The average molecular weight is 215 g/mol. The number of alkyl halides is 2. The maximum absolute atomic E-state index is 13.2. The lowest BCUT2D eigenvalue weighted by molar-refractivity contribution is 0.00546. The lowest BCUT2D eigenvalue weighted by Gasteiger charge is -2.21. The quantitative estimate of drug-likeness (QED) is 0.813. The Hall–Kier alpha value is -1.36. The zero-order valence-electron chi connectivity index (χ0n) is 8.00. The number of fused-ring (bicyclic) bond motifs is 1. The van der Waals surface area contributed by atoms with Crippen molar-refractivity contribution in [3.8, 4) is 11.5 Å². The molecular weight excluding hydrogens is 204 g/mol. The third-order valence-electron chi connectivity index (χ3n) is 2.22.